The number of carbonyl (C=O) groups is 2. The first-order valence-electron chi connectivity index (χ1n) is 8.60. The van der Waals surface area contributed by atoms with Gasteiger partial charge in [0.1, 0.15) is 11.5 Å². The molecule has 0 unspecified atom stereocenters. The van der Waals surface area contributed by atoms with E-state index in [0.717, 1.165) is 11.1 Å². The number of amides is 2. The number of rotatable bonds is 7. The first-order chi connectivity index (χ1) is 13.3. The average molecular weight is 382 g/mol. The zero-order valence-corrected chi connectivity index (χ0v) is 15.6. The average Bonchev–Trinajstić information content (AvgIpc) is 2.69. The van der Waals surface area contributed by atoms with Gasteiger partial charge in [-0.2, -0.15) is 10.2 Å². The van der Waals surface area contributed by atoms with Gasteiger partial charge < -0.3 is 10.2 Å². The summed E-state index contributed by atoms with van der Waals surface area (Å²) in [7, 11) is 0. The van der Waals surface area contributed by atoms with Gasteiger partial charge in [0, 0.05) is 12.8 Å². The minimum atomic E-state index is -0.396. The van der Waals surface area contributed by atoms with Crippen LogP contribution in [-0.4, -0.2) is 33.5 Å². The maximum absolute atomic E-state index is 11.8. The van der Waals surface area contributed by atoms with Crippen LogP contribution in [0.2, 0.25) is 0 Å². The van der Waals surface area contributed by atoms with E-state index in [0.29, 0.717) is 11.4 Å². The summed E-state index contributed by atoms with van der Waals surface area (Å²) in [5.74, 6) is -0.496. The Balaban J connectivity index is 1.78. The Morgan fingerprint density at radius 2 is 1.04 bits per heavy atom. The normalized spacial score (nSPS) is 11.8. The zero-order chi connectivity index (χ0) is 20.5. The van der Waals surface area contributed by atoms with Gasteiger partial charge in [0.2, 0.25) is 11.8 Å². The van der Waals surface area contributed by atoms with Gasteiger partial charge in [-0.1, -0.05) is 0 Å². The monoisotopic (exact) mass is 382 g/mol. The summed E-state index contributed by atoms with van der Waals surface area (Å²) in [6.07, 6.45) is -0.0715. The molecule has 0 bridgehead atoms. The number of hydrazone groups is 2. The number of hydrogen-bond acceptors (Lipinski definition) is 6. The number of aromatic hydroxyl groups is 2. The molecule has 0 spiro atoms. The van der Waals surface area contributed by atoms with E-state index in [1.165, 1.54) is 24.3 Å². The van der Waals surface area contributed by atoms with E-state index in [1.54, 1.807) is 38.1 Å². The van der Waals surface area contributed by atoms with E-state index < -0.39 is 11.8 Å². The highest BCUT2D eigenvalue weighted by atomic mass is 16.3. The predicted molar refractivity (Wildman–Crippen MR) is 106 cm³/mol. The lowest BCUT2D eigenvalue weighted by Crippen LogP contribution is -2.24. The standard InChI is InChI=1S/C20H22N4O4/c1-13(15-3-7-17(25)8-4-15)21-23-19(27)11-12-20(28)24-22-14(2)16-5-9-18(26)10-6-16/h3-10,25-26H,11-12H2,1-2H3,(H,23,27)(H,24,28)/b21-13+,22-14+. The van der Waals surface area contributed by atoms with Crippen LogP contribution in [0.15, 0.2) is 58.7 Å². The van der Waals surface area contributed by atoms with Crippen LogP contribution in [0.25, 0.3) is 0 Å². The van der Waals surface area contributed by atoms with E-state index in [4.69, 9.17) is 0 Å². The Hall–Kier alpha value is -3.68. The van der Waals surface area contributed by atoms with E-state index in [2.05, 4.69) is 21.1 Å². The van der Waals surface area contributed by atoms with Crippen LogP contribution < -0.4 is 10.9 Å². The van der Waals surface area contributed by atoms with Crippen molar-refractivity contribution in [2.24, 2.45) is 10.2 Å². The van der Waals surface area contributed by atoms with Gasteiger partial charge in [0.25, 0.3) is 0 Å². The van der Waals surface area contributed by atoms with Crippen LogP contribution in [0.3, 0.4) is 0 Å². The van der Waals surface area contributed by atoms with Crippen molar-refractivity contribution in [3.8, 4) is 11.5 Å². The van der Waals surface area contributed by atoms with Crippen LogP contribution >= 0.6 is 0 Å². The summed E-state index contributed by atoms with van der Waals surface area (Å²) in [6, 6.07) is 12.8. The molecule has 0 aliphatic rings. The third-order valence-corrected chi connectivity index (χ3v) is 3.85. The molecule has 0 aromatic heterocycles. The van der Waals surface area contributed by atoms with E-state index in [-0.39, 0.29) is 24.3 Å². The molecule has 0 aliphatic carbocycles. The van der Waals surface area contributed by atoms with Crippen LogP contribution in [0.1, 0.15) is 37.8 Å². The van der Waals surface area contributed by atoms with Crippen LogP contribution in [0.5, 0.6) is 11.5 Å². The molecule has 0 fully saturated rings. The highest BCUT2D eigenvalue weighted by Gasteiger charge is 2.07. The molecular formula is C20H22N4O4. The SMILES string of the molecule is C/C(=N\NC(=O)CCC(=O)N/N=C(\C)c1ccc(O)cc1)c1ccc(O)cc1. The molecule has 4 N–H and O–H groups in total. The summed E-state index contributed by atoms with van der Waals surface area (Å²) in [5, 5.41) is 26.5. The fourth-order valence-electron chi connectivity index (χ4n) is 2.17. The Morgan fingerprint density at radius 3 is 1.36 bits per heavy atom. The molecule has 28 heavy (non-hydrogen) atoms. The van der Waals surface area contributed by atoms with Crippen molar-refractivity contribution in [2.45, 2.75) is 26.7 Å². The van der Waals surface area contributed by atoms with Crippen molar-refractivity contribution in [2.75, 3.05) is 0 Å². The maximum atomic E-state index is 11.8. The highest BCUT2D eigenvalue weighted by Crippen LogP contribution is 2.11. The van der Waals surface area contributed by atoms with Gasteiger partial charge in [-0.3, -0.25) is 9.59 Å². The third kappa shape index (κ3) is 6.56. The summed E-state index contributed by atoms with van der Waals surface area (Å²) in [4.78, 5) is 23.7. The zero-order valence-electron chi connectivity index (χ0n) is 15.6. The summed E-state index contributed by atoms with van der Waals surface area (Å²) >= 11 is 0. The molecule has 2 aromatic carbocycles. The van der Waals surface area contributed by atoms with E-state index in [1.807, 2.05) is 0 Å². The van der Waals surface area contributed by atoms with Crippen LogP contribution in [0.4, 0.5) is 0 Å². The highest BCUT2D eigenvalue weighted by molar-refractivity contribution is 6.00. The minimum Gasteiger partial charge on any atom is -0.508 e. The fourth-order valence-corrected chi connectivity index (χ4v) is 2.17. The molecule has 0 aliphatic heterocycles. The molecule has 8 nitrogen and oxygen atoms in total. The van der Waals surface area contributed by atoms with Crippen molar-refractivity contribution in [1.82, 2.24) is 10.9 Å². The smallest absolute Gasteiger partial charge is 0.240 e. The second-order valence-electron chi connectivity index (χ2n) is 6.06. The largest absolute Gasteiger partial charge is 0.508 e. The lowest BCUT2D eigenvalue weighted by molar-refractivity contribution is -0.126. The molecule has 2 amide bonds. The summed E-state index contributed by atoms with van der Waals surface area (Å²) < 4.78 is 0. The van der Waals surface area contributed by atoms with Gasteiger partial charge in [-0.15, -0.1) is 0 Å². The van der Waals surface area contributed by atoms with Gasteiger partial charge in [-0.05, 0) is 73.5 Å². The molecule has 2 aromatic rings. The van der Waals surface area contributed by atoms with Crippen LogP contribution in [0, 0.1) is 0 Å². The van der Waals surface area contributed by atoms with Crippen molar-refractivity contribution >= 4 is 23.2 Å². The molecule has 0 saturated heterocycles. The van der Waals surface area contributed by atoms with Gasteiger partial charge in [0.05, 0.1) is 11.4 Å². The fraction of sp³-hybridized carbons (Fsp3) is 0.200. The number of benzene rings is 2. The van der Waals surface area contributed by atoms with Crippen LogP contribution in [-0.2, 0) is 9.59 Å². The van der Waals surface area contributed by atoms with Crippen molar-refractivity contribution in [3.63, 3.8) is 0 Å². The first kappa shape index (κ1) is 20.6. The van der Waals surface area contributed by atoms with E-state index >= 15 is 0 Å². The maximum Gasteiger partial charge on any atom is 0.240 e. The Morgan fingerprint density at radius 1 is 0.714 bits per heavy atom. The molecule has 0 saturated carbocycles. The topological polar surface area (TPSA) is 123 Å². The lowest BCUT2D eigenvalue weighted by Gasteiger charge is -2.04. The van der Waals surface area contributed by atoms with Crippen molar-refractivity contribution in [3.05, 3.63) is 59.7 Å². The molecule has 0 radical (unpaired) electrons. The number of phenols is 2. The van der Waals surface area contributed by atoms with Gasteiger partial charge in [0.15, 0.2) is 0 Å². The predicted octanol–water partition coefficient (Wildman–Crippen LogP) is 2.26. The molecule has 0 heterocycles. The van der Waals surface area contributed by atoms with E-state index in [9.17, 15) is 19.8 Å². The molecule has 2 rings (SSSR count). The third-order valence-electron chi connectivity index (χ3n) is 3.85. The Kier molecular flexibility index (Phi) is 7.27. The quantitative estimate of drug-likeness (QED) is 0.433. The summed E-state index contributed by atoms with van der Waals surface area (Å²) in [6.45, 7) is 3.44. The molecule has 8 heteroatoms. The second-order valence-corrected chi connectivity index (χ2v) is 6.06. The second kappa shape index (κ2) is 9.86. The number of nitrogens with zero attached hydrogens (tertiary/aromatic N) is 2. The van der Waals surface area contributed by atoms with Crippen molar-refractivity contribution in [1.29, 1.82) is 0 Å². The number of phenolic OH excluding ortho intramolecular Hbond substituents is 2. The number of carbonyl (C=O) groups excluding carboxylic acids is 2. The lowest BCUT2D eigenvalue weighted by atomic mass is 10.1. The number of nitrogens with one attached hydrogen (secondary N) is 2. The Bertz CT molecular complexity index is 812. The number of hydrogen-bond donors (Lipinski definition) is 4. The first-order valence-corrected chi connectivity index (χ1v) is 8.60. The van der Waals surface area contributed by atoms with Gasteiger partial charge in [-0.25, -0.2) is 10.9 Å². The Labute approximate surface area is 162 Å². The van der Waals surface area contributed by atoms with Gasteiger partial charge >= 0.3 is 0 Å². The minimum absolute atomic E-state index is 0.0357. The molecule has 0 atom stereocenters. The molecular weight excluding hydrogens is 360 g/mol. The summed E-state index contributed by atoms with van der Waals surface area (Å²) in [5.41, 5.74) is 7.46. The molecule has 146 valence electrons. The van der Waals surface area contributed by atoms with Crippen molar-refractivity contribution < 1.29 is 19.8 Å².